The predicted octanol–water partition coefficient (Wildman–Crippen LogP) is 25.5. The molecule has 19 heteroatoms. The van der Waals surface area contributed by atoms with Gasteiger partial charge in [0.05, 0.1) is 26.4 Å². The molecule has 0 bridgehead atoms. The first kappa shape index (κ1) is 101. The Hall–Kier alpha value is -1.94. The summed E-state index contributed by atoms with van der Waals surface area (Å²) in [6.07, 6.45) is 67.0. The smallest absolute Gasteiger partial charge is 0.462 e. The molecule has 0 saturated carbocycles. The summed E-state index contributed by atoms with van der Waals surface area (Å²) in [5.74, 6) is -0.395. The Kier molecular flexibility index (Phi) is 74.1. The average Bonchev–Trinajstić information content (AvgIpc) is 0.940. The van der Waals surface area contributed by atoms with Crippen LogP contribution < -0.4 is 0 Å². The summed E-state index contributed by atoms with van der Waals surface area (Å²) in [5.41, 5.74) is 0. The highest BCUT2D eigenvalue weighted by molar-refractivity contribution is 7.47. The number of aliphatic hydroxyl groups is 1. The Balaban J connectivity index is 5.11. The maximum absolute atomic E-state index is 13.1. The summed E-state index contributed by atoms with van der Waals surface area (Å²) < 4.78 is 68.6. The van der Waals surface area contributed by atoms with Crippen molar-refractivity contribution in [1.82, 2.24) is 0 Å². The van der Waals surface area contributed by atoms with E-state index >= 15 is 0 Å². The standard InChI is InChI=1S/C84H164O17P2/c1-7-11-13-15-16-17-18-19-20-21-25-28-35-40-45-50-56-62-68-83(88)100-79(72-94-81(86)66-60-52-14-12-8-2)74-98-102(90,91)96-70-78(85)71-97-103(92,93)99-75-80(73-95-82(87)67-61-55-49-44-39-34-31-30-33-38-43-48-54-59-65-77(6)10-4)101-84(89)69-63-57-51-46-41-36-29-26-23-22-24-27-32-37-42-47-53-58-64-76(5)9-3/h76-80,85H,7-75H2,1-6H3,(H,90,91)(H,92,93)/t76?,77?,78-,79+,80+/m0/s1. The molecule has 0 aromatic carbocycles. The number of phosphoric acid groups is 2. The minimum absolute atomic E-state index is 0.108. The fraction of sp³-hybridized carbons (Fsp3) is 0.952. The molecule has 0 heterocycles. The van der Waals surface area contributed by atoms with Gasteiger partial charge in [0.2, 0.25) is 0 Å². The lowest BCUT2D eigenvalue weighted by molar-refractivity contribution is -0.161. The van der Waals surface area contributed by atoms with Crippen LogP contribution in [-0.4, -0.2) is 96.7 Å². The fourth-order valence-electron chi connectivity index (χ4n) is 13.0. The Labute approximate surface area is 632 Å². The van der Waals surface area contributed by atoms with Gasteiger partial charge in [-0.1, -0.05) is 395 Å². The van der Waals surface area contributed by atoms with Gasteiger partial charge in [0.1, 0.15) is 19.3 Å². The molecule has 3 N–H and O–H groups in total. The molecule has 4 unspecified atom stereocenters. The van der Waals surface area contributed by atoms with Crippen LogP contribution in [0.4, 0.5) is 0 Å². The van der Waals surface area contributed by atoms with Crippen molar-refractivity contribution >= 4 is 39.5 Å². The van der Waals surface area contributed by atoms with Gasteiger partial charge in [0.15, 0.2) is 12.2 Å². The number of aliphatic hydroxyl groups excluding tert-OH is 1. The second kappa shape index (κ2) is 75.5. The van der Waals surface area contributed by atoms with Gasteiger partial charge in [-0.05, 0) is 37.5 Å². The molecule has 0 aliphatic rings. The molecule has 0 radical (unpaired) electrons. The lowest BCUT2D eigenvalue weighted by atomic mass is 9.99. The zero-order valence-corrected chi connectivity index (χ0v) is 69.4. The zero-order valence-electron chi connectivity index (χ0n) is 67.6. The average molecular weight is 1510 g/mol. The third kappa shape index (κ3) is 75.3. The predicted molar refractivity (Wildman–Crippen MR) is 423 cm³/mol. The SMILES string of the molecule is CCCCCCCCCCCCCCCCCCCCC(=O)O[C@H](COC(=O)CCCCCCC)COP(=O)(O)OC[C@H](O)COP(=O)(O)OC[C@@H](COC(=O)CCCCCCCCCCCCCCCCC(C)CC)OC(=O)CCCCCCCCCCCCCCCCCCCCC(C)CC. The van der Waals surface area contributed by atoms with Crippen molar-refractivity contribution in [2.75, 3.05) is 39.6 Å². The highest BCUT2D eigenvalue weighted by atomic mass is 31.2. The summed E-state index contributed by atoms with van der Waals surface area (Å²) >= 11 is 0. The lowest BCUT2D eigenvalue weighted by Gasteiger charge is -2.21. The minimum Gasteiger partial charge on any atom is -0.462 e. The number of hydrogen-bond acceptors (Lipinski definition) is 15. The summed E-state index contributed by atoms with van der Waals surface area (Å²) in [6.45, 7) is 9.69. The Morgan fingerprint density at radius 2 is 0.466 bits per heavy atom. The van der Waals surface area contributed by atoms with Crippen LogP contribution in [0.25, 0.3) is 0 Å². The van der Waals surface area contributed by atoms with Gasteiger partial charge in [0.25, 0.3) is 0 Å². The van der Waals surface area contributed by atoms with Crippen LogP contribution in [0, 0.1) is 11.8 Å². The van der Waals surface area contributed by atoms with E-state index in [1.54, 1.807) is 0 Å². The van der Waals surface area contributed by atoms with Crippen molar-refractivity contribution in [1.29, 1.82) is 0 Å². The van der Waals surface area contributed by atoms with Crippen molar-refractivity contribution in [3.05, 3.63) is 0 Å². The minimum atomic E-state index is -4.96. The molecule has 0 amide bonds. The molecule has 0 saturated heterocycles. The van der Waals surface area contributed by atoms with E-state index in [0.717, 1.165) is 108 Å². The van der Waals surface area contributed by atoms with Crippen LogP contribution in [0.2, 0.25) is 0 Å². The normalized spacial score (nSPS) is 14.4. The Bertz CT molecular complexity index is 1980. The number of hydrogen-bond donors (Lipinski definition) is 3. The van der Waals surface area contributed by atoms with E-state index in [-0.39, 0.29) is 25.7 Å². The van der Waals surface area contributed by atoms with Gasteiger partial charge in [0, 0.05) is 25.7 Å². The molecule has 7 atom stereocenters. The van der Waals surface area contributed by atoms with E-state index in [4.69, 9.17) is 37.0 Å². The number of phosphoric ester groups is 2. The second-order valence-electron chi connectivity index (χ2n) is 30.7. The van der Waals surface area contributed by atoms with Crippen molar-refractivity contribution in [3.8, 4) is 0 Å². The maximum Gasteiger partial charge on any atom is 0.472 e. The molecule has 0 aliphatic heterocycles. The van der Waals surface area contributed by atoms with E-state index in [9.17, 15) is 43.2 Å². The van der Waals surface area contributed by atoms with Gasteiger partial charge in [-0.15, -0.1) is 0 Å². The van der Waals surface area contributed by atoms with E-state index < -0.39 is 97.5 Å². The summed E-state index contributed by atoms with van der Waals surface area (Å²) in [4.78, 5) is 72.8. The van der Waals surface area contributed by atoms with Gasteiger partial charge in [-0.2, -0.15) is 0 Å². The molecule has 0 rings (SSSR count). The fourth-order valence-corrected chi connectivity index (χ4v) is 14.6. The highest BCUT2D eigenvalue weighted by Crippen LogP contribution is 2.45. The summed E-state index contributed by atoms with van der Waals surface area (Å²) in [6, 6.07) is 0. The number of unbranched alkanes of at least 4 members (excludes halogenated alkanes) is 51. The van der Waals surface area contributed by atoms with Crippen molar-refractivity contribution in [2.45, 2.75) is 464 Å². The van der Waals surface area contributed by atoms with E-state index in [0.29, 0.717) is 25.7 Å². The quantitative estimate of drug-likeness (QED) is 0.0222. The summed E-state index contributed by atoms with van der Waals surface area (Å²) in [5, 5.41) is 10.6. The van der Waals surface area contributed by atoms with Crippen LogP contribution in [0.5, 0.6) is 0 Å². The Morgan fingerprint density at radius 1 is 0.272 bits per heavy atom. The third-order valence-corrected chi connectivity index (χ3v) is 22.3. The van der Waals surface area contributed by atoms with E-state index in [1.807, 2.05) is 0 Å². The second-order valence-corrected chi connectivity index (χ2v) is 33.6. The van der Waals surface area contributed by atoms with Gasteiger partial charge in [-0.25, -0.2) is 9.13 Å². The lowest BCUT2D eigenvalue weighted by Crippen LogP contribution is -2.30. The van der Waals surface area contributed by atoms with Crippen molar-refractivity contribution in [3.63, 3.8) is 0 Å². The zero-order chi connectivity index (χ0) is 75.6. The van der Waals surface area contributed by atoms with E-state index in [2.05, 4.69) is 41.5 Å². The van der Waals surface area contributed by atoms with Crippen LogP contribution in [-0.2, 0) is 65.4 Å². The number of ether oxygens (including phenoxy) is 4. The molecular formula is C84H164O17P2. The number of esters is 4. The molecule has 103 heavy (non-hydrogen) atoms. The number of carbonyl (C=O) groups excluding carboxylic acids is 4. The molecule has 0 fully saturated rings. The molecule has 0 spiro atoms. The highest BCUT2D eigenvalue weighted by Gasteiger charge is 2.30. The first-order valence-corrected chi connectivity index (χ1v) is 46.6. The van der Waals surface area contributed by atoms with Gasteiger partial charge >= 0.3 is 39.5 Å². The van der Waals surface area contributed by atoms with Crippen molar-refractivity contribution in [2.24, 2.45) is 11.8 Å². The molecule has 0 aromatic heterocycles. The monoisotopic (exact) mass is 1510 g/mol. The largest absolute Gasteiger partial charge is 0.472 e. The third-order valence-electron chi connectivity index (χ3n) is 20.4. The summed E-state index contributed by atoms with van der Waals surface area (Å²) in [7, 11) is -9.91. The number of rotatable bonds is 83. The maximum atomic E-state index is 13.1. The first-order valence-electron chi connectivity index (χ1n) is 43.6. The number of carbonyl (C=O) groups is 4. The topological polar surface area (TPSA) is 237 Å². The first-order chi connectivity index (χ1) is 49.9. The van der Waals surface area contributed by atoms with Gasteiger partial charge in [-0.3, -0.25) is 37.3 Å². The Morgan fingerprint density at radius 3 is 0.689 bits per heavy atom. The molecule has 612 valence electrons. The molecule has 17 nitrogen and oxygen atoms in total. The molecule has 0 aliphatic carbocycles. The molecular weight excluding hydrogens is 1340 g/mol. The van der Waals surface area contributed by atoms with Gasteiger partial charge < -0.3 is 33.8 Å². The van der Waals surface area contributed by atoms with E-state index in [1.165, 1.54) is 257 Å². The van der Waals surface area contributed by atoms with Crippen LogP contribution in [0.15, 0.2) is 0 Å². The molecule has 0 aromatic rings. The van der Waals surface area contributed by atoms with Crippen molar-refractivity contribution < 1.29 is 80.2 Å². The van der Waals surface area contributed by atoms with Crippen LogP contribution in [0.3, 0.4) is 0 Å². The van der Waals surface area contributed by atoms with Crippen LogP contribution in [0.1, 0.15) is 446 Å². The van der Waals surface area contributed by atoms with Crippen LogP contribution >= 0.6 is 15.6 Å².